The van der Waals surface area contributed by atoms with E-state index in [0.29, 0.717) is 11.3 Å². The zero-order valence-corrected chi connectivity index (χ0v) is 15.4. The Morgan fingerprint density at radius 2 is 1.89 bits per heavy atom. The molecule has 0 radical (unpaired) electrons. The van der Waals surface area contributed by atoms with Gasteiger partial charge in [0.15, 0.2) is 17.6 Å². The van der Waals surface area contributed by atoms with E-state index in [1.807, 2.05) is 12.2 Å². The van der Waals surface area contributed by atoms with Crippen LogP contribution in [-0.2, 0) is 14.4 Å². The maximum atomic E-state index is 12.7. The lowest BCUT2D eigenvalue weighted by atomic mass is 9.85. The van der Waals surface area contributed by atoms with E-state index < -0.39 is 12.1 Å². The molecule has 28 heavy (non-hydrogen) atoms. The van der Waals surface area contributed by atoms with Gasteiger partial charge < -0.3 is 14.6 Å². The zero-order valence-electron chi connectivity index (χ0n) is 15.4. The van der Waals surface area contributed by atoms with Crippen molar-refractivity contribution in [1.29, 1.82) is 0 Å². The second-order valence-electron chi connectivity index (χ2n) is 7.21. The number of amides is 2. The van der Waals surface area contributed by atoms with Crippen LogP contribution in [0.1, 0.15) is 18.9 Å². The van der Waals surface area contributed by atoms with Crippen LogP contribution < -0.4 is 9.47 Å². The van der Waals surface area contributed by atoms with Crippen LogP contribution in [0.15, 0.2) is 35.5 Å². The highest BCUT2D eigenvalue weighted by atomic mass is 16.5. The minimum Gasteiger partial charge on any atom is -0.493 e. The molecule has 2 bridgehead atoms. The molecule has 2 fully saturated rings. The average molecular weight is 384 g/mol. The van der Waals surface area contributed by atoms with E-state index >= 15 is 0 Å². The van der Waals surface area contributed by atoms with Crippen molar-refractivity contribution in [2.24, 2.45) is 28.8 Å². The molecule has 0 spiro atoms. The minimum absolute atomic E-state index is 0.110. The highest BCUT2D eigenvalue weighted by Crippen LogP contribution is 2.52. The molecule has 146 valence electrons. The Hall–Kier alpha value is -3.16. The summed E-state index contributed by atoms with van der Waals surface area (Å²) in [6.45, 7) is 1.40. The Bertz CT molecular complexity index is 878. The van der Waals surface area contributed by atoms with Gasteiger partial charge in [0, 0.05) is 5.56 Å². The molecule has 8 heteroatoms. The summed E-state index contributed by atoms with van der Waals surface area (Å²) in [6.07, 6.45) is 5.11. The number of rotatable bonds is 6. The summed E-state index contributed by atoms with van der Waals surface area (Å²) in [5.41, 5.74) is 0.409. The molecule has 2 amide bonds. The number of nitrogens with zero attached hydrogens (tertiary/aromatic N) is 2. The third kappa shape index (κ3) is 2.76. The number of methoxy groups -OCH3 is 1. The largest absolute Gasteiger partial charge is 0.493 e. The Labute approximate surface area is 161 Å². The van der Waals surface area contributed by atoms with Gasteiger partial charge in [-0.3, -0.25) is 9.59 Å². The maximum Gasteiger partial charge on any atom is 0.344 e. The molecule has 2 aliphatic carbocycles. The predicted molar refractivity (Wildman–Crippen MR) is 97.9 cm³/mol. The van der Waals surface area contributed by atoms with Crippen molar-refractivity contribution in [3.63, 3.8) is 0 Å². The number of allylic oxidation sites excluding steroid dienone is 2. The molecule has 1 aromatic rings. The molecule has 1 saturated carbocycles. The molecule has 1 aliphatic heterocycles. The van der Waals surface area contributed by atoms with E-state index in [-0.39, 0.29) is 41.2 Å². The molecular formula is C20H20N2O6. The normalized spacial score (nSPS) is 28.9. The number of hydrogen-bond acceptors (Lipinski definition) is 6. The van der Waals surface area contributed by atoms with Gasteiger partial charge in [0.05, 0.1) is 25.2 Å². The van der Waals surface area contributed by atoms with Gasteiger partial charge in [-0.15, -0.1) is 0 Å². The number of carboxylic acids is 1. The molecule has 1 saturated heterocycles. The van der Waals surface area contributed by atoms with Crippen LogP contribution >= 0.6 is 0 Å². The number of ether oxygens (including phenoxy) is 2. The summed E-state index contributed by atoms with van der Waals surface area (Å²) >= 11 is 0. The monoisotopic (exact) mass is 384 g/mol. The average Bonchev–Trinajstić information content (AvgIpc) is 3.35. The summed E-state index contributed by atoms with van der Waals surface area (Å²) in [5.74, 6) is -1.62. The molecule has 8 nitrogen and oxygen atoms in total. The topological polar surface area (TPSA) is 106 Å². The number of hydrazone groups is 1. The number of hydrogen-bond donors (Lipinski definition) is 1. The van der Waals surface area contributed by atoms with Crippen molar-refractivity contribution in [3.8, 4) is 11.5 Å². The standard InChI is InChI=1S/C20H20N2O6/c1-10(20(25)26)28-17-13(4-3-5-14(17)27-2)9-21-22-18(23)15-11-6-7-12(8-11)16(15)19(22)24/h3-7,9-12,15-16H,8H2,1-2H3,(H,25,26)/t10-,11+,12+,15-,16+/m1/s1. The van der Waals surface area contributed by atoms with Crippen LogP contribution in [0.2, 0.25) is 0 Å². The first-order chi connectivity index (χ1) is 13.4. The van der Waals surface area contributed by atoms with Crippen LogP contribution in [0.25, 0.3) is 0 Å². The predicted octanol–water partition coefficient (Wildman–Crippen LogP) is 1.69. The molecule has 0 unspecified atom stereocenters. The third-order valence-corrected chi connectivity index (χ3v) is 5.63. The van der Waals surface area contributed by atoms with Gasteiger partial charge in [-0.2, -0.15) is 10.1 Å². The van der Waals surface area contributed by atoms with Crippen LogP contribution in [0.5, 0.6) is 11.5 Å². The zero-order chi connectivity index (χ0) is 20.0. The number of carbonyl (C=O) groups is 3. The number of carbonyl (C=O) groups excluding carboxylic acids is 2. The molecule has 0 aromatic heterocycles. The van der Waals surface area contributed by atoms with Gasteiger partial charge in [-0.1, -0.05) is 18.2 Å². The van der Waals surface area contributed by atoms with Gasteiger partial charge in [-0.25, -0.2) is 4.79 Å². The van der Waals surface area contributed by atoms with E-state index in [1.54, 1.807) is 18.2 Å². The van der Waals surface area contributed by atoms with Crippen molar-refractivity contribution in [1.82, 2.24) is 5.01 Å². The number of para-hydroxylation sites is 1. The minimum atomic E-state index is -1.13. The molecule has 1 heterocycles. The van der Waals surface area contributed by atoms with E-state index in [4.69, 9.17) is 14.6 Å². The molecule has 1 aromatic carbocycles. The number of aliphatic carboxylic acids is 1. The van der Waals surface area contributed by atoms with Crippen LogP contribution in [0.4, 0.5) is 0 Å². The van der Waals surface area contributed by atoms with Crippen molar-refractivity contribution < 1.29 is 29.0 Å². The number of benzene rings is 1. The van der Waals surface area contributed by atoms with Crippen molar-refractivity contribution in [2.45, 2.75) is 19.4 Å². The Morgan fingerprint density at radius 3 is 2.46 bits per heavy atom. The fourth-order valence-corrected chi connectivity index (χ4v) is 4.27. The Morgan fingerprint density at radius 1 is 1.25 bits per heavy atom. The van der Waals surface area contributed by atoms with Gasteiger partial charge >= 0.3 is 5.97 Å². The molecule has 1 N–H and O–H groups in total. The van der Waals surface area contributed by atoms with E-state index in [1.165, 1.54) is 20.2 Å². The van der Waals surface area contributed by atoms with Crippen molar-refractivity contribution in [2.75, 3.05) is 7.11 Å². The fourth-order valence-electron chi connectivity index (χ4n) is 4.27. The number of carboxylic acid groups (broad SMARTS) is 1. The van der Waals surface area contributed by atoms with E-state index in [0.717, 1.165) is 11.4 Å². The van der Waals surface area contributed by atoms with Crippen molar-refractivity contribution in [3.05, 3.63) is 35.9 Å². The summed E-state index contributed by atoms with van der Waals surface area (Å²) < 4.78 is 10.7. The molecule has 4 rings (SSSR count). The van der Waals surface area contributed by atoms with Crippen molar-refractivity contribution >= 4 is 24.0 Å². The van der Waals surface area contributed by atoms with Gasteiger partial charge in [0.1, 0.15) is 0 Å². The summed E-state index contributed by atoms with van der Waals surface area (Å²) in [7, 11) is 1.44. The Balaban J connectivity index is 1.61. The van der Waals surface area contributed by atoms with Gasteiger partial charge in [-0.05, 0) is 37.3 Å². The van der Waals surface area contributed by atoms with Gasteiger partial charge in [0.2, 0.25) is 0 Å². The van der Waals surface area contributed by atoms with Gasteiger partial charge in [0.25, 0.3) is 11.8 Å². The van der Waals surface area contributed by atoms with E-state index in [2.05, 4.69) is 5.10 Å². The van der Waals surface area contributed by atoms with E-state index in [9.17, 15) is 14.4 Å². The first kappa shape index (κ1) is 18.2. The van der Waals surface area contributed by atoms with Crippen LogP contribution in [0.3, 0.4) is 0 Å². The van der Waals surface area contributed by atoms with Crippen LogP contribution in [-0.4, -0.2) is 47.3 Å². The second-order valence-corrected chi connectivity index (χ2v) is 7.21. The molecule has 5 atom stereocenters. The lowest BCUT2D eigenvalue weighted by molar-refractivity contribution is -0.144. The lowest BCUT2D eigenvalue weighted by Crippen LogP contribution is -2.28. The van der Waals surface area contributed by atoms with Crippen LogP contribution in [0, 0.1) is 23.7 Å². The molecular weight excluding hydrogens is 364 g/mol. The second kappa shape index (κ2) is 6.78. The summed E-state index contributed by atoms with van der Waals surface area (Å²) in [6, 6.07) is 4.96. The number of imide groups is 1. The lowest BCUT2D eigenvalue weighted by Gasteiger charge is -2.16. The summed E-state index contributed by atoms with van der Waals surface area (Å²) in [4.78, 5) is 36.6. The highest BCUT2D eigenvalue weighted by molar-refractivity contribution is 6.07. The number of fused-ring (bicyclic) bond motifs is 5. The SMILES string of the molecule is COc1cccc(C=NN2C(=O)[C@@H]3[C@H](C2=O)[C@H]2C=C[C@H]3C2)c1O[C@H](C)C(=O)O. The highest BCUT2D eigenvalue weighted by Gasteiger charge is 2.59. The first-order valence-electron chi connectivity index (χ1n) is 9.09. The third-order valence-electron chi connectivity index (χ3n) is 5.63. The maximum absolute atomic E-state index is 12.7. The first-order valence-corrected chi connectivity index (χ1v) is 9.09. The summed E-state index contributed by atoms with van der Waals surface area (Å²) in [5, 5.41) is 14.2. The smallest absolute Gasteiger partial charge is 0.344 e. The molecule has 3 aliphatic rings. The quantitative estimate of drug-likeness (QED) is 0.455. The fraction of sp³-hybridized carbons (Fsp3) is 0.400. The Kier molecular flexibility index (Phi) is 4.41.